The summed E-state index contributed by atoms with van der Waals surface area (Å²) in [6.45, 7) is 4.42. The van der Waals surface area contributed by atoms with Crippen molar-refractivity contribution >= 4 is 0 Å². The first-order chi connectivity index (χ1) is 10.2. The minimum Gasteiger partial charge on any atom is -0.271 e. The lowest BCUT2D eigenvalue weighted by Crippen LogP contribution is -2.50. The van der Waals surface area contributed by atoms with Gasteiger partial charge in [0.25, 0.3) is 0 Å². The molecule has 0 amide bonds. The summed E-state index contributed by atoms with van der Waals surface area (Å²) in [6, 6.07) is 7.17. The number of hydrazine groups is 1. The molecular formula is C19H28N2. The van der Waals surface area contributed by atoms with Crippen molar-refractivity contribution in [2.75, 3.05) is 0 Å². The average Bonchev–Trinajstić information content (AvgIpc) is 2.45. The fourth-order valence-electron chi connectivity index (χ4n) is 6.01. The van der Waals surface area contributed by atoms with Crippen molar-refractivity contribution in [2.24, 2.45) is 35.4 Å². The maximum Gasteiger partial charge on any atom is 0.0496 e. The van der Waals surface area contributed by atoms with E-state index in [1.54, 1.807) is 0 Å². The second-order valence-corrected chi connectivity index (χ2v) is 8.01. The molecule has 21 heavy (non-hydrogen) atoms. The number of hydrogen-bond donors (Lipinski definition) is 2. The minimum atomic E-state index is 0.347. The van der Waals surface area contributed by atoms with Gasteiger partial charge >= 0.3 is 0 Å². The van der Waals surface area contributed by atoms with Crippen LogP contribution in [0.4, 0.5) is 0 Å². The Morgan fingerprint density at radius 3 is 2.19 bits per heavy atom. The molecule has 4 saturated carbocycles. The predicted molar refractivity (Wildman–Crippen MR) is 86.5 cm³/mol. The molecule has 1 aromatic rings. The molecule has 4 bridgehead atoms. The third-order valence-corrected chi connectivity index (χ3v) is 6.63. The van der Waals surface area contributed by atoms with E-state index in [-0.39, 0.29) is 0 Å². The molecule has 4 aliphatic carbocycles. The van der Waals surface area contributed by atoms with Crippen molar-refractivity contribution in [3.63, 3.8) is 0 Å². The summed E-state index contributed by atoms with van der Waals surface area (Å²) in [5, 5.41) is 0. The van der Waals surface area contributed by atoms with Gasteiger partial charge in [0.1, 0.15) is 0 Å². The van der Waals surface area contributed by atoms with E-state index < -0.39 is 0 Å². The van der Waals surface area contributed by atoms with Crippen LogP contribution in [0.25, 0.3) is 0 Å². The van der Waals surface area contributed by atoms with Crippen LogP contribution in [-0.2, 0) is 0 Å². The van der Waals surface area contributed by atoms with Gasteiger partial charge in [0.15, 0.2) is 0 Å². The summed E-state index contributed by atoms with van der Waals surface area (Å²) in [7, 11) is 0. The van der Waals surface area contributed by atoms with E-state index >= 15 is 0 Å². The van der Waals surface area contributed by atoms with Crippen molar-refractivity contribution in [1.29, 1.82) is 0 Å². The van der Waals surface area contributed by atoms with Crippen LogP contribution < -0.4 is 11.3 Å². The number of nitrogens with two attached hydrogens (primary N) is 1. The fraction of sp³-hybridized carbons (Fsp3) is 0.684. The molecule has 1 atom stereocenters. The SMILES string of the molecule is Cc1ccc(C)c(C(NN)C2C3CC4CC(C3)CC2C4)c1. The largest absolute Gasteiger partial charge is 0.271 e. The van der Waals surface area contributed by atoms with Gasteiger partial charge in [-0.1, -0.05) is 23.8 Å². The monoisotopic (exact) mass is 284 g/mol. The van der Waals surface area contributed by atoms with E-state index in [2.05, 4.69) is 37.5 Å². The predicted octanol–water partition coefficient (Wildman–Crippen LogP) is 3.88. The van der Waals surface area contributed by atoms with Gasteiger partial charge in [-0.2, -0.15) is 0 Å². The highest BCUT2D eigenvalue weighted by molar-refractivity contribution is 5.34. The van der Waals surface area contributed by atoms with Crippen LogP contribution in [0.3, 0.4) is 0 Å². The first-order valence-electron chi connectivity index (χ1n) is 8.69. The van der Waals surface area contributed by atoms with Crippen LogP contribution in [0.1, 0.15) is 54.8 Å². The molecule has 1 unspecified atom stereocenters. The van der Waals surface area contributed by atoms with Crippen LogP contribution in [-0.4, -0.2) is 0 Å². The number of benzene rings is 1. The van der Waals surface area contributed by atoms with Crippen molar-refractivity contribution in [1.82, 2.24) is 5.43 Å². The van der Waals surface area contributed by atoms with Gasteiger partial charge in [-0.05, 0) is 86.7 Å². The van der Waals surface area contributed by atoms with Crippen LogP contribution in [0.2, 0.25) is 0 Å². The van der Waals surface area contributed by atoms with Crippen molar-refractivity contribution in [3.05, 3.63) is 34.9 Å². The van der Waals surface area contributed by atoms with E-state index in [9.17, 15) is 0 Å². The topological polar surface area (TPSA) is 38.0 Å². The zero-order valence-electron chi connectivity index (χ0n) is 13.3. The molecular weight excluding hydrogens is 256 g/mol. The Morgan fingerprint density at radius 1 is 1.00 bits per heavy atom. The maximum absolute atomic E-state index is 6.05. The van der Waals surface area contributed by atoms with Gasteiger partial charge in [-0.25, -0.2) is 0 Å². The third kappa shape index (κ3) is 2.24. The van der Waals surface area contributed by atoms with E-state index in [1.807, 2.05) is 0 Å². The van der Waals surface area contributed by atoms with Gasteiger partial charge in [-0.15, -0.1) is 0 Å². The lowest BCUT2D eigenvalue weighted by atomic mass is 9.50. The van der Waals surface area contributed by atoms with Crippen LogP contribution in [0.15, 0.2) is 18.2 Å². The summed E-state index contributed by atoms with van der Waals surface area (Å²) < 4.78 is 0. The first kappa shape index (κ1) is 13.8. The smallest absolute Gasteiger partial charge is 0.0496 e. The summed E-state index contributed by atoms with van der Waals surface area (Å²) in [4.78, 5) is 0. The van der Waals surface area contributed by atoms with Gasteiger partial charge < -0.3 is 0 Å². The normalized spacial score (nSPS) is 38.7. The number of aryl methyl sites for hydroxylation is 2. The van der Waals surface area contributed by atoms with E-state index in [0.29, 0.717) is 6.04 Å². The highest BCUT2D eigenvalue weighted by Gasteiger charge is 2.50. The lowest BCUT2D eigenvalue weighted by molar-refractivity contribution is -0.0526. The molecule has 2 nitrogen and oxygen atoms in total. The third-order valence-electron chi connectivity index (χ3n) is 6.63. The Hall–Kier alpha value is -0.860. The Labute approximate surface area is 128 Å². The fourth-order valence-corrected chi connectivity index (χ4v) is 6.01. The first-order valence-corrected chi connectivity index (χ1v) is 8.69. The minimum absolute atomic E-state index is 0.347. The van der Waals surface area contributed by atoms with E-state index in [4.69, 9.17) is 5.84 Å². The molecule has 1 aromatic carbocycles. The molecule has 2 heteroatoms. The Balaban J connectivity index is 1.68. The lowest BCUT2D eigenvalue weighted by Gasteiger charge is -2.56. The Kier molecular flexibility index (Phi) is 3.35. The standard InChI is InChI=1S/C19H28N2/c1-11-3-4-12(2)17(5-11)19(21-20)18-15-7-13-6-14(9-15)10-16(18)8-13/h3-5,13-16,18-19,21H,6-10,20H2,1-2H3. The van der Waals surface area contributed by atoms with Crippen molar-refractivity contribution in [2.45, 2.75) is 52.0 Å². The van der Waals surface area contributed by atoms with E-state index in [1.165, 1.54) is 48.8 Å². The zero-order chi connectivity index (χ0) is 14.6. The highest BCUT2D eigenvalue weighted by atomic mass is 15.2. The molecule has 0 aliphatic heterocycles. The molecule has 0 aromatic heterocycles. The second-order valence-electron chi connectivity index (χ2n) is 8.01. The summed E-state index contributed by atoms with van der Waals surface area (Å²) in [6.07, 6.45) is 7.35. The molecule has 5 rings (SSSR count). The molecule has 4 fully saturated rings. The van der Waals surface area contributed by atoms with Crippen molar-refractivity contribution in [3.8, 4) is 0 Å². The Bertz CT molecular complexity index is 508. The molecule has 0 heterocycles. The maximum atomic E-state index is 6.05. The second kappa shape index (κ2) is 5.10. The summed E-state index contributed by atoms with van der Waals surface area (Å²) >= 11 is 0. The van der Waals surface area contributed by atoms with Gasteiger partial charge in [0.05, 0.1) is 0 Å². The zero-order valence-corrected chi connectivity index (χ0v) is 13.3. The van der Waals surface area contributed by atoms with Gasteiger partial charge in [-0.3, -0.25) is 11.3 Å². The molecule has 0 saturated heterocycles. The number of rotatable bonds is 3. The average molecular weight is 284 g/mol. The molecule has 114 valence electrons. The van der Waals surface area contributed by atoms with Crippen LogP contribution >= 0.6 is 0 Å². The van der Waals surface area contributed by atoms with Crippen LogP contribution in [0, 0.1) is 43.4 Å². The number of nitrogens with one attached hydrogen (secondary N) is 1. The summed E-state index contributed by atoms with van der Waals surface area (Å²) in [5.41, 5.74) is 7.39. The van der Waals surface area contributed by atoms with Gasteiger partial charge in [0.2, 0.25) is 0 Å². The Morgan fingerprint density at radius 2 is 1.62 bits per heavy atom. The van der Waals surface area contributed by atoms with Crippen molar-refractivity contribution < 1.29 is 0 Å². The van der Waals surface area contributed by atoms with Crippen LogP contribution in [0.5, 0.6) is 0 Å². The number of hydrogen-bond acceptors (Lipinski definition) is 2. The molecule has 0 radical (unpaired) electrons. The quantitative estimate of drug-likeness (QED) is 0.653. The van der Waals surface area contributed by atoms with Gasteiger partial charge in [0, 0.05) is 6.04 Å². The highest BCUT2D eigenvalue weighted by Crippen LogP contribution is 2.59. The molecule has 4 aliphatic rings. The molecule has 0 spiro atoms. The van der Waals surface area contributed by atoms with E-state index in [0.717, 1.165) is 29.6 Å². The molecule has 3 N–H and O–H groups in total. The summed E-state index contributed by atoms with van der Waals surface area (Å²) in [5.74, 6) is 10.7.